The van der Waals surface area contributed by atoms with Crippen LogP contribution in [-0.2, 0) is 21.5 Å². The van der Waals surface area contributed by atoms with Gasteiger partial charge in [0.05, 0.1) is 12.3 Å². The standard InChI is InChI=1S/C22H34N4O3/c1-22(2,3)18-11-23-26(14-18)12-16-4-7-24(8-5-16)21(28)25-9-6-20-17(13-25)10-19(27)15-29-20/h11,14,16-17,20H,4-10,12-13,15H2,1-3H3/t17-,20+/m1/s1. The monoisotopic (exact) mass is 402 g/mol. The number of piperidine rings is 2. The lowest BCUT2D eigenvalue weighted by atomic mass is 9.88. The molecule has 1 aromatic heterocycles. The van der Waals surface area contributed by atoms with Crippen LogP contribution in [0.4, 0.5) is 4.79 Å². The van der Waals surface area contributed by atoms with Gasteiger partial charge in [0.25, 0.3) is 0 Å². The smallest absolute Gasteiger partial charge is 0.320 e. The highest BCUT2D eigenvalue weighted by molar-refractivity contribution is 5.81. The Balaban J connectivity index is 1.26. The fourth-order valence-corrected chi connectivity index (χ4v) is 4.77. The Morgan fingerprint density at radius 1 is 1.17 bits per heavy atom. The Bertz CT molecular complexity index is 745. The molecule has 7 nitrogen and oxygen atoms in total. The molecular weight excluding hydrogens is 368 g/mol. The number of fused-ring (bicyclic) bond motifs is 1. The molecule has 0 aromatic carbocycles. The highest BCUT2D eigenvalue weighted by atomic mass is 16.5. The second kappa shape index (κ2) is 8.09. The number of aromatic nitrogens is 2. The van der Waals surface area contributed by atoms with Crippen LogP contribution in [0.3, 0.4) is 0 Å². The summed E-state index contributed by atoms with van der Waals surface area (Å²) in [5.41, 5.74) is 1.38. The maximum atomic E-state index is 13.0. The van der Waals surface area contributed by atoms with Crippen LogP contribution < -0.4 is 0 Å². The Morgan fingerprint density at radius 3 is 2.59 bits per heavy atom. The summed E-state index contributed by atoms with van der Waals surface area (Å²) < 4.78 is 7.71. The average molecular weight is 403 g/mol. The number of carbonyl (C=O) groups is 2. The van der Waals surface area contributed by atoms with E-state index in [1.165, 1.54) is 5.56 Å². The van der Waals surface area contributed by atoms with Gasteiger partial charge in [0.2, 0.25) is 0 Å². The summed E-state index contributed by atoms with van der Waals surface area (Å²) in [5, 5.41) is 4.54. The molecule has 0 aliphatic carbocycles. The van der Waals surface area contributed by atoms with E-state index in [9.17, 15) is 9.59 Å². The van der Waals surface area contributed by atoms with Crippen LogP contribution >= 0.6 is 0 Å². The number of likely N-dealkylation sites (tertiary alicyclic amines) is 2. The number of Topliss-reactive ketones (excluding diaryl/α,β-unsaturated/α-hetero) is 1. The number of hydrogen-bond acceptors (Lipinski definition) is 4. The van der Waals surface area contributed by atoms with Gasteiger partial charge in [0, 0.05) is 51.3 Å². The minimum atomic E-state index is 0.121. The molecule has 0 unspecified atom stereocenters. The van der Waals surface area contributed by atoms with Gasteiger partial charge in [-0.05, 0) is 36.2 Å². The third-order valence-electron chi connectivity index (χ3n) is 6.71. The number of nitrogens with zero attached hydrogens (tertiary/aromatic N) is 4. The molecule has 3 aliphatic rings. The Hall–Kier alpha value is -1.89. The van der Waals surface area contributed by atoms with Crippen molar-refractivity contribution in [3.05, 3.63) is 18.0 Å². The second-order valence-electron chi connectivity index (χ2n) is 10.0. The first-order chi connectivity index (χ1) is 13.8. The number of hydrogen-bond donors (Lipinski definition) is 0. The molecule has 3 aliphatic heterocycles. The van der Waals surface area contributed by atoms with E-state index in [1.54, 1.807) is 0 Å². The van der Waals surface area contributed by atoms with Crippen LogP contribution in [0.25, 0.3) is 0 Å². The van der Waals surface area contributed by atoms with Gasteiger partial charge in [-0.1, -0.05) is 20.8 Å². The zero-order chi connectivity index (χ0) is 20.6. The SMILES string of the molecule is CC(C)(C)c1cnn(CC2CCN(C(=O)N3CC[C@@H]4OCC(=O)C[C@@H]4C3)CC2)c1. The molecule has 160 valence electrons. The van der Waals surface area contributed by atoms with Crippen molar-refractivity contribution in [2.24, 2.45) is 11.8 Å². The lowest BCUT2D eigenvalue weighted by Crippen LogP contribution is -2.54. The van der Waals surface area contributed by atoms with Crippen LogP contribution in [0, 0.1) is 11.8 Å². The van der Waals surface area contributed by atoms with Crippen LogP contribution in [0.2, 0.25) is 0 Å². The fraction of sp³-hybridized carbons (Fsp3) is 0.773. The van der Waals surface area contributed by atoms with Crippen LogP contribution in [0.1, 0.15) is 52.0 Å². The van der Waals surface area contributed by atoms with Crippen LogP contribution in [0.5, 0.6) is 0 Å². The summed E-state index contributed by atoms with van der Waals surface area (Å²) in [5.74, 6) is 0.889. The van der Waals surface area contributed by atoms with Crippen LogP contribution in [0.15, 0.2) is 12.4 Å². The van der Waals surface area contributed by atoms with Gasteiger partial charge in [-0.3, -0.25) is 9.48 Å². The predicted molar refractivity (Wildman–Crippen MR) is 110 cm³/mol. The highest BCUT2D eigenvalue weighted by Gasteiger charge is 2.38. The van der Waals surface area contributed by atoms with Gasteiger partial charge < -0.3 is 14.5 Å². The van der Waals surface area contributed by atoms with E-state index in [2.05, 4.69) is 36.7 Å². The molecule has 0 N–H and O–H groups in total. The van der Waals surface area contributed by atoms with Gasteiger partial charge in [-0.25, -0.2) is 4.79 Å². The summed E-state index contributed by atoms with van der Waals surface area (Å²) in [7, 11) is 0. The van der Waals surface area contributed by atoms with Crippen LogP contribution in [-0.4, -0.2) is 70.3 Å². The van der Waals surface area contributed by atoms with E-state index < -0.39 is 0 Å². The zero-order valence-electron chi connectivity index (χ0n) is 18.0. The summed E-state index contributed by atoms with van der Waals surface area (Å²) in [6.07, 6.45) is 7.70. The van der Waals surface area contributed by atoms with Gasteiger partial charge in [-0.15, -0.1) is 0 Å². The Kier molecular flexibility index (Phi) is 5.69. The molecule has 0 saturated carbocycles. The summed E-state index contributed by atoms with van der Waals surface area (Å²) in [4.78, 5) is 28.6. The lowest BCUT2D eigenvalue weighted by Gasteiger charge is -2.43. The van der Waals surface area contributed by atoms with Gasteiger partial charge in [0.15, 0.2) is 5.78 Å². The molecule has 4 heterocycles. The third kappa shape index (κ3) is 4.65. The van der Waals surface area contributed by atoms with Crippen molar-refractivity contribution >= 4 is 11.8 Å². The van der Waals surface area contributed by atoms with Crippen molar-refractivity contribution in [1.29, 1.82) is 0 Å². The second-order valence-corrected chi connectivity index (χ2v) is 10.0. The predicted octanol–water partition coefficient (Wildman–Crippen LogP) is 2.69. The largest absolute Gasteiger partial charge is 0.370 e. The van der Waals surface area contributed by atoms with Crippen molar-refractivity contribution in [1.82, 2.24) is 19.6 Å². The molecule has 1 aromatic rings. The Labute approximate surface area is 173 Å². The van der Waals surface area contributed by atoms with Crippen molar-refractivity contribution < 1.29 is 14.3 Å². The maximum Gasteiger partial charge on any atom is 0.320 e. The molecule has 2 amide bonds. The van der Waals surface area contributed by atoms with E-state index in [0.717, 1.165) is 45.4 Å². The van der Waals surface area contributed by atoms with E-state index in [4.69, 9.17) is 4.74 Å². The van der Waals surface area contributed by atoms with E-state index in [-0.39, 0.29) is 35.9 Å². The summed E-state index contributed by atoms with van der Waals surface area (Å²) in [6.45, 7) is 10.8. The summed E-state index contributed by atoms with van der Waals surface area (Å²) >= 11 is 0. The fourth-order valence-electron chi connectivity index (χ4n) is 4.77. The Morgan fingerprint density at radius 2 is 1.90 bits per heavy atom. The molecule has 7 heteroatoms. The van der Waals surface area contributed by atoms with Crippen molar-refractivity contribution in [2.45, 2.75) is 64.5 Å². The first kappa shape index (κ1) is 20.4. The van der Waals surface area contributed by atoms with Crippen molar-refractivity contribution in [2.75, 3.05) is 32.8 Å². The number of ketones is 1. The first-order valence-corrected chi connectivity index (χ1v) is 11.0. The molecule has 0 radical (unpaired) electrons. The molecule has 29 heavy (non-hydrogen) atoms. The van der Waals surface area contributed by atoms with Gasteiger partial charge in [-0.2, -0.15) is 5.10 Å². The van der Waals surface area contributed by atoms with E-state index >= 15 is 0 Å². The lowest BCUT2D eigenvalue weighted by molar-refractivity contribution is -0.140. The quantitative estimate of drug-likeness (QED) is 0.763. The number of carbonyl (C=O) groups excluding carboxylic acids is 2. The molecule has 3 fully saturated rings. The molecular formula is C22H34N4O3. The minimum absolute atomic E-state index is 0.121. The highest BCUT2D eigenvalue weighted by Crippen LogP contribution is 2.29. The number of rotatable bonds is 2. The molecule has 4 rings (SSSR count). The molecule has 2 atom stereocenters. The summed E-state index contributed by atoms with van der Waals surface area (Å²) in [6, 6.07) is 0.133. The minimum Gasteiger partial charge on any atom is -0.370 e. The topological polar surface area (TPSA) is 67.7 Å². The van der Waals surface area contributed by atoms with Crippen molar-refractivity contribution in [3.8, 4) is 0 Å². The third-order valence-corrected chi connectivity index (χ3v) is 6.71. The normalized spacial score (nSPS) is 26.5. The maximum absolute atomic E-state index is 13.0. The number of ether oxygens (including phenoxy) is 1. The van der Waals surface area contributed by atoms with E-state index in [0.29, 0.717) is 18.9 Å². The van der Waals surface area contributed by atoms with Gasteiger partial charge in [0.1, 0.15) is 6.61 Å². The van der Waals surface area contributed by atoms with Crippen molar-refractivity contribution in [3.63, 3.8) is 0 Å². The van der Waals surface area contributed by atoms with Gasteiger partial charge >= 0.3 is 6.03 Å². The number of urea groups is 1. The average Bonchev–Trinajstić information content (AvgIpc) is 3.16. The molecule has 3 saturated heterocycles. The van der Waals surface area contributed by atoms with E-state index in [1.807, 2.05) is 16.0 Å². The molecule has 0 bridgehead atoms. The first-order valence-electron chi connectivity index (χ1n) is 11.0. The number of amides is 2. The molecule has 0 spiro atoms. The zero-order valence-corrected chi connectivity index (χ0v) is 18.0.